The highest BCUT2D eigenvalue weighted by Gasteiger charge is 1.92. The maximum absolute atomic E-state index is 8.67. The van der Waals surface area contributed by atoms with Gasteiger partial charge in [0.15, 0.2) is 0 Å². The lowest BCUT2D eigenvalue weighted by Gasteiger charge is -2.01. The van der Waals surface area contributed by atoms with E-state index in [1.165, 1.54) is 57.6 Å². The summed E-state index contributed by atoms with van der Waals surface area (Å²) in [5.74, 6) is 0. The van der Waals surface area contributed by atoms with Crippen molar-refractivity contribution in [3.8, 4) is 0 Å². The van der Waals surface area contributed by atoms with Crippen LogP contribution in [0.3, 0.4) is 0 Å². The molecule has 0 fully saturated rings. The van der Waals surface area contributed by atoms with E-state index in [0.717, 1.165) is 12.0 Å². The quantitative estimate of drug-likeness (QED) is 0.409. The molecule has 0 rings (SSSR count). The summed E-state index contributed by atoms with van der Waals surface area (Å²) >= 11 is 0. The van der Waals surface area contributed by atoms with Crippen LogP contribution in [0.1, 0.15) is 71.6 Å². The molecular weight excluding hydrogens is 172 g/mol. The lowest BCUT2D eigenvalue weighted by molar-refractivity contribution is 0.462. The summed E-state index contributed by atoms with van der Waals surface area (Å²) in [6, 6.07) is 0. The lowest BCUT2D eigenvalue weighted by atomic mass is 10.1. The molecular formula is C13H26O. The van der Waals surface area contributed by atoms with E-state index in [1.807, 2.05) is 6.92 Å². The van der Waals surface area contributed by atoms with Crippen molar-refractivity contribution in [3.05, 3.63) is 11.8 Å². The summed E-state index contributed by atoms with van der Waals surface area (Å²) in [6.45, 7) is 4.24. The van der Waals surface area contributed by atoms with Crippen molar-refractivity contribution in [1.82, 2.24) is 0 Å². The van der Waals surface area contributed by atoms with Gasteiger partial charge in [-0.05, 0) is 25.3 Å². The van der Waals surface area contributed by atoms with Crippen molar-refractivity contribution in [2.75, 3.05) is 0 Å². The summed E-state index contributed by atoms with van der Waals surface area (Å²) in [6.07, 6.45) is 13.1. The van der Waals surface area contributed by atoms with Crippen LogP contribution < -0.4 is 0 Å². The van der Waals surface area contributed by atoms with Gasteiger partial charge in [-0.1, -0.05) is 51.9 Å². The normalized spacial score (nSPS) is 12.0. The number of rotatable bonds is 9. The van der Waals surface area contributed by atoms with Crippen molar-refractivity contribution < 1.29 is 5.11 Å². The third-order valence-electron chi connectivity index (χ3n) is 2.65. The summed E-state index contributed by atoms with van der Waals surface area (Å²) in [7, 11) is 0. The van der Waals surface area contributed by atoms with Crippen LogP contribution in [0.2, 0.25) is 0 Å². The van der Waals surface area contributed by atoms with Gasteiger partial charge < -0.3 is 5.11 Å². The molecule has 0 radical (unpaired) electrons. The maximum atomic E-state index is 8.67. The molecule has 0 aliphatic rings. The Kier molecular flexibility index (Phi) is 10.3. The lowest BCUT2D eigenvalue weighted by Crippen LogP contribution is -1.82. The minimum atomic E-state index is 1.06. The first-order valence-corrected chi connectivity index (χ1v) is 6.11. The van der Waals surface area contributed by atoms with Gasteiger partial charge in [0.25, 0.3) is 0 Å². The van der Waals surface area contributed by atoms with E-state index >= 15 is 0 Å². The van der Waals surface area contributed by atoms with Crippen LogP contribution in [0.25, 0.3) is 0 Å². The van der Waals surface area contributed by atoms with Gasteiger partial charge in [-0.25, -0.2) is 0 Å². The topological polar surface area (TPSA) is 20.2 Å². The smallest absolute Gasteiger partial charge is 0.0780 e. The first-order chi connectivity index (χ1) is 6.81. The minimum absolute atomic E-state index is 1.06. The zero-order valence-electron chi connectivity index (χ0n) is 9.89. The Bertz CT molecular complexity index is 138. The molecule has 0 heterocycles. The fourth-order valence-corrected chi connectivity index (χ4v) is 1.60. The third-order valence-corrected chi connectivity index (χ3v) is 2.65. The Morgan fingerprint density at radius 1 is 0.929 bits per heavy atom. The molecule has 0 spiro atoms. The Labute approximate surface area is 89.2 Å². The zero-order valence-corrected chi connectivity index (χ0v) is 9.89. The average molecular weight is 198 g/mol. The predicted octanol–water partition coefficient (Wildman–Crippen LogP) is 4.98. The van der Waals surface area contributed by atoms with Crippen molar-refractivity contribution in [2.45, 2.75) is 71.6 Å². The molecule has 0 saturated carbocycles. The average Bonchev–Trinajstić information content (AvgIpc) is 2.21. The summed E-state index contributed by atoms with van der Waals surface area (Å²) in [5.41, 5.74) is 1.11. The van der Waals surface area contributed by atoms with E-state index in [0.29, 0.717) is 0 Å². The molecule has 84 valence electrons. The monoisotopic (exact) mass is 198 g/mol. The van der Waals surface area contributed by atoms with Crippen molar-refractivity contribution >= 4 is 0 Å². The van der Waals surface area contributed by atoms with Crippen molar-refractivity contribution in [3.63, 3.8) is 0 Å². The van der Waals surface area contributed by atoms with Gasteiger partial charge in [0.1, 0.15) is 0 Å². The molecule has 0 amide bonds. The van der Waals surface area contributed by atoms with E-state index in [9.17, 15) is 0 Å². The third kappa shape index (κ3) is 9.63. The summed E-state index contributed by atoms with van der Waals surface area (Å²) < 4.78 is 0. The predicted molar refractivity (Wildman–Crippen MR) is 63.6 cm³/mol. The molecule has 0 bridgehead atoms. The van der Waals surface area contributed by atoms with Crippen LogP contribution in [-0.2, 0) is 0 Å². The van der Waals surface area contributed by atoms with E-state index < -0.39 is 0 Å². The van der Waals surface area contributed by atoms with Crippen LogP contribution in [0.4, 0.5) is 0 Å². The molecule has 0 aromatic carbocycles. The Morgan fingerprint density at radius 2 is 1.43 bits per heavy atom. The first kappa shape index (κ1) is 13.5. The molecule has 0 aliphatic carbocycles. The fraction of sp³-hybridized carbons (Fsp3) is 0.846. The minimum Gasteiger partial charge on any atom is -0.516 e. The number of aliphatic hydroxyl groups excluding tert-OH is 1. The Hall–Kier alpha value is -0.460. The van der Waals surface area contributed by atoms with Gasteiger partial charge in [-0.3, -0.25) is 0 Å². The number of aliphatic hydroxyl groups is 1. The number of hydrogen-bond acceptors (Lipinski definition) is 1. The molecule has 0 aromatic rings. The van der Waals surface area contributed by atoms with Crippen molar-refractivity contribution in [2.24, 2.45) is 0 Å². The fourth-order valence-electron chi connectivity index (χ4n) is 1.60. The van der Waals surface area contributed by atoms with Gasteiger partial charge in [0, 0.05) is 0 Å². The van der Waals surface area contributed by atoms with E-state index in [4.69, 9.17) is 5.11 Å². The van der Waals surface area contributed by atoms with Crippen LogP contribution in [-0.4, -0.2) is 5.11 Å². The van der Waals surface area contributed by atoms with Crippen LogP contribution in [0, 0.1) is 0 Å². The van der Waals surface area contributed by atoms with Crippen LogP contribution in [0.15, 0.2) is 11.8 Å². The molecule has 14 heavy (non-hydrogen) atoms. The van der Waals surface area contributed by atoms with E-state index in [-0.39, 0.29) is 0 Å². The second-order valence-electron chi connectivity index (χ2n) is 4.20. The molecule has 0 aromatic heterocycles. The van der Waals surface area contributed by atoms with Gasteiger partial charge in [0.2, 0.25) is 0 Å². The second-order valence-corrected chi connectivity index (χ2v) is 4.20. The highest BCUT2D eigenvalue weighted by Crippen LogP contribution is 2.11. The molecule has 0 aliphatic heterocycles. The number of hydrogen-bond donors (Lipinski definition) is 1. The zero-order chi connectivity index (χ0) is 10.6. The van der Waals surface area contributed by atoms with E-state index in [2.05, 4.69) is 6.92 Å². The molecule has 1 heteroatoms. The van der Waals surface area contributed by atoms with Crippen molar-refractivity contribution in [1.29, 1.82) is 0 Å². The van der Waals surface area contributed by atoms with Gasteiger partial charge in [-0.15, -0.1) is 0 Å². The Morgan fingerprint density at radius 3 is 1.93 bits per heavy atom. The van der Waals surface area contributed by atoms with E-state index in [1.54, 1.807) is 0 Å². The summed E-state index contributed by atoms with van der Waals surface area (Å²) in [5, 5.41) is 8.67. The number of unbranched alkanes of at least 4 members (excludes halogenated alkanes) is 7. The Balaban J connectivity index is 2.99. The maximum Gasteiger partial charge on any atom is 0.0780 e. The van der Waals surface area contributed by atoms with Gasteiger partial charge in [-0.2, -0.15) is 0 Å². The van der Waals surface area contributed by atoms with Gasteiger partial charge in [0.05, 0.1) is 6.26 Å². The molecule has 0 saturated heterocycles. The second kappa shape index (κ2) is 10.6. The van der Waals surface area contributed by atoms with Gasteiger partial charge >= 0.3 is 0 Å². The number of allylic oxidation sites excluding steroid dienone is 1. The molecule has 0 atom stereocenters. The SMILES string of the molecule is CCCCCCCCCC/C(C)=C/O. The molecule has 1 N–H and O–H groups in total. The first-order valence-electron chi connectivity index (χ1n) is 6.11. The highest BCUT2D eigenvalue weighted by molar-refractivity contribution is 4.91. The standard InChI is InChI=1S/C13H26O/c1-3-4-5-6-7-8-9-10-11-13(2)12-14/h12,14H,3-11H2,1-2H3/b13-12+. The molecule has 0 unspecified atom stereocenters. The molecule has 1 nitrogen and oxygen atoms in total. The largest absolute Gasteiger partial charge is 0.516 e. The van der Waals surface area contributed by atoms with Crippen LogP contribution >= 0.6 is 0 Å². The summed E-state index contributed by atoms with van der Waals surface area (Å²) in [4.78, 5) is 0. The van der Waals surface area contributed by atoms with Crippen LogP contribution in [0.5, 0.6) is 0 Å². The highest BCUT2D eigenvalue weighted by atomic mass is 16.2.